The van der Waals surface area contributed by atoms with Gasteiger partial charge in [-0.25, -0.2) is 21.6 Å². The maximum Gasteiger partial charge on any atom is 0.265 e. The highest BCUT2D eigenvalue weighted by molar-refractivity contribution is 7.92. The number of benzene rings is 2. The second kappa shape index (κ2) is 5.45. The number of rotatable bonds is 3. The van der Waals surface area contributed by atoms with Crippen LogP contribution in [-0.4, -0.2) is 8.42 Å². The van der Waals surface area contributed by atoms with Crippen molar-refractivity contribution in [1.29, 1.82) is 0 Å². The summed E-state index contributed by atoms with van der Waals surface area (Å²) in [5.41, 5.74) is 4.78. The second-order valence-corrected chi connectivity index (χ2v) is 6.17. The molecule has 0 unspecified atom stereocenters. The Morgan fingerprint density at radius 2 is 1.71 bits per heavy atom. The standard InChI is InChI=1S/C12H8ClF3N2O2S/c13-6-1-7(14)3-9(2-6)18-21(19,20)11-5-8(17)4-10(15)12(11)16/h1-5,18H,17H2. The van der Waals surface area contributed by atoms with Crippen molar-refractivity contribution >= 4 is 33.0 Å². The third-order valence-corrected chi connectivity index (χ3v) is 4.02. The van der Waals surface area contributed by atoms with Gasteiger partial charge in [-0.15, -0.1) is 0 Å². The lowest BCUT2D eigenvalue weighted by atomic mass is 10.3. The molecule has 0 aliphatic heterocycles. The number of hydrogen-bond donors (Lipinski definition) is 2. The molecule has 0 amide bonds. The van der Waals surface area contributed by atoms with Crippen molar-refractivity contribution in [2.45, 2.75) is 4.90 Å². The lowest BCUT2D eigenvalue weighted by Gasteiger charge is -2.10. The number of hydrogen-bond acceptors (Lipinski definition) is 3. The fourth-order valence-corrected chi connectivity index (χ4v) is 2.99. The van der Waals surface area contributed by atoms with Crippen LogP contribution in [0.3, 0.4) is 0 Å². The molecule has 2 rings (SSSR count). The number of nitrogen functional groups attached to an aromatic ring is 1. The summed E-state index contributed by atoms with van der Waals surface area (Å²) in [5, 5.41) is -0.0630. The lowest BCUT2D eigenvalue weighted by molar-refractivity contribution is 0.486. The van der Waals surface area contributed by atoms with Gasteiger partial charge in [-0.1, -0.05) is 11.6 Å². The zero-order valence-corrected chi connectivity index (χ0v) is 11.8. The molecule has 2 aromatic rings. The molecule has 2 aromatic carbocycles. The number of sulfonamides is 1. The van der Waals surface area contributed by atoms with E-state index < -0.39 is 32.4 Å². The minimum atomic E-state index is -4.49. The first-order valence-electron chi connectivity index (χ1n) is 5.42. The van der Waals surface area contributed by atoms with Crippen LogP contribution in [0.15, 0.2) is 35.2 Å². The zero-order chi connectivity index (χ0) is 15.8. The normalized spacial score (nSPS) is 11.4. The third kappa shape index (κ3) is 3.40. The molecule has 112 valence electrons. The van der Waals surface area contributed by atoms with Crippen LogP contribution in [-0.2, 0) is 10.0 Å². The van der Waals surface area contributed by atoms with Gasteiger partial charge in [0.15, 0.2) is 11.6 Å². The van der Waals surface area contributed by atoms with Crippen molar-refractivity contribution in [3.05, 3.63) is 52.8 Å². The maximum absolute atomic E-state index is 13.6. The smallest absolute Gasteiger partial charge is 0.265 e. The Morgan fingerprint density at radius 3 is 2.33 bits per heavy atom. The Bertz CT molecular complexity index is 792. The molecule has 0 heterocycles. The van der Waals surface area contributed by atoms with Crippen molar-refractivity contribution < 1.29 is 21.6 Å². The summed E-state index contributed by atoms with van der Waals surface area (Å²) >= 11 is 5.58. The predicted octanol–water partition coefficient (Wildman–Crippen LogP) is 3.14. The Morgan fingerprint density at radius 1 is 1.05 bits per heavy atom. The van der Waals surface area contributed by atoms with Gasteiger partial charge in [0.1, 0.15) is 10.7 Å². The SMILES string of the molecule is Nc1cc(F)c(F)c(S(=O)(=O)Nc2cc(F)cc(Cl)c2)c1. The number of nitrogens with two attached hydrogens (primary N) is 1. The molecule has 0 radical (unpaired) electrons. The van der Waals surface area contributed by atoms with Crippen molar-refractivity contribution in [2.75, 3.05) is 10.5 Å². The number of anilines is 2. The molecular formula is C12H8ClF3N2O2S. The van der Waals surface area contributed by atoms with Gasteiger partial charge in [0.2, 0.25) is 0 Å². The molecule has 0 fully saturated rings. The van der Waals surface area contributed by atoms with E-state index >= 15 is 0 Å². The molecule has 0 aromatic heterocycles. The van der Waals surface area contributed by atoms with E-state index in [1.165, 1.54) is 0 Å². The van der Waals surface area contributed by atoms with E-state index in [1.54, 1.807) is 0 Å². The minimum Gasteiger partial charge on any atom is -0.399 e. The Hall–Kier alpha value is -1.93. The first kappa shape index (κ1) is 15.5. The van der Waals surface area contributed by atoms with Gasteiger partial charge >= 0.3 is 0 Å². The van der Waals surface area contributed by atoms with Crippen molar-refractivity contribution in [3.63, 3.8) is 0 Å². The van der Waals surface area contributed by atoms with Gasteiger partial charge in [0, 0.05) is 10.7 Å². The van der Waals surface area contributed by atoms with Gasteiger partial charge < -0.3 is 5.73 Å². The highest BCUT2D eigenvalue weighted by Crippen LogP contribution is 2.25. The molecule has 0 saturated carbocycles. The van der Waals surface area contributed by atoms with Crippen LogP contribution in [0.5, 0.6) is 0 Å². The Balaban J connectivity index is 2.48. The van der Waals surface area contributed by atoms with Crippen LogP contribution in [0.4, 0.5) is 24.5 Å². The minimum absolute atomic E-state index is 0.0630. The van der Waals surface area contributed by atoms with E-state index in [4.69, 9.17) is 17.3 Å². The summed E-state index contributed by atoms with van der Waals surface area (Å²) in [5.74, 6) is -3.79. The molecule has 0 saturated heterocycles. The van der Waals surface area contributed by atoms with Crippen LogP contribution in [0.25, 0.3) is 0 Å². The van der Waals surface area contributed by atoms with Crippen molar-refractivity contribution in [2.24, 2.45) is 0 Å². The fourth-order valence-electron chi connectivity index (χ4n) is 1.60. The summed E-state index contributed by atoms with van der Waals surface area (Å²) < 4.78 is 65.9. The molecule has 0 spiro atoms. The monoisotopic (exact) mass is 336 g/mol. The predicted molar refractivity (Wildman–Crippen MR) is 73.0 cm³/mol. The van der Waals surface area contributed by atoms with E-state index in [1.807, 2.05) is 4.72 Å². The van der Waals surface area contributed by atoms with E-state index in [0.29, 0.717) is 6.07 Å². The molecule has 0 bridgehead atoms. The zero-order valence-electron chi connectivity index (χ0n) is 10.2. The molecule has 9 heteroatoms. The van der Waals surface area contributed by atoms with Crippen LogP contribution in [0.1, 0.15) is 0 Å². The summed E-state index contributed by atoms with van der Waals surface area (Å²) in [6.07, 6.45) is 0. The second-order valence-electron chi connectivity index (χ2n) is 4.08. The lowest BCUT2D eigenvalue weighted by Crippen LogP contribution is -2.16. The maximum atomic E-state index is 13.6. The summed E-state index contributed by atoms with van der Waals surface area (Å²) in [7, 11) is -4.49. The molecule has 4 nitrogen and oxygen atoms in total. The van der Waals surface area contributed by atoms with E-state index in [2.05, 4.69) is 0 Å². The van der Waals surface area contributed by atoms with Crippen LogP contribution >= 0.6 is 11.6 Å². The van der Waals surface area contributed by atoms with Gasteiger partial charge in [0.25, 0.3) is 10.0 Å². The van der Waals surface area contributed by atoms with E-state index in [9.17, 15) is 21.6 Å². The van der Waals surface area contributed by atoms with Crippen LogP contribution < -0.4 is 10.5 Å². The number of halogens is 4. The van der Waals surface area contributed by atoms with Gasteiger partial charge in [-0.3, -0.25) is 4.72 Å². The fraction of sp³-hybridized carbons (Fsp3) is 0. The molecule has 21 heavy (non-hydrogen) atoms. The van der Waals surface area contributed by atoms with Gasteiger partial charge in [-0.2, -0.15) is 0 Å². The molecule has 0 aliphatic rings. The third-order valence-electron chi connectivity index (χ3n) is 2.42. The van der Waals surface area contributed by atoms with E-state index in [0.717, 1.165) is 24.3 Å². The van der Waals surface area contributed by atoms with Crippen LogP contribution in [0.2, 0.25) is 5.02 Å². The first-order valence-corrected chi connectivity index (χ1v) is 7.28. The largest absolute Gasteiger partial charge is 0.399 e. The average Bonchev–Trinajstić information content (AvgIpc) is 2.31. The average molecular weight is 337 g/mol. The summed E-state index contributed by atoms with van der Waals surface area (Å²) in [6, 6.07) is 4.31. The summed E-state index contributed by atoms with van der Waals surface area (Å²) in [4.78, 5) is -0.986. The molecule has 0 aliphatic carbocycles. The number of nitrogens with one attached hydrogen (secondary N) is 1. The Kier molecular flexibility index (Phi) is 4.02. The van der Waals surface area contributed by atoms with Crippen LogP contribution in [0, 0.1) is 17.5 Å². The van der Waals surface area contributed by atoms with Crippen molar-refractivity contribution in [3.8, 4) is 0 Å². The molecule has 0 atom stereocenters. The van der Waals surface area contributed by atoms with E-state index in [-0.39, 0.29) is 16.4 Å². The quantitative estimate of drug-likeness (QED) is 0.846. The highest BCUT2D eigenvalue weighted by Gasteiger charge is 2.23. The summed E-state index contributed by atoms with van der Waals surface area (Å²) in [6.45, 7) is 0. The first-order chi connectivity index (χ1) is 9.69. The van der Waals surface area contributed by atoms with Gasteiger partial charge in [0.05, 0.1) is 5.69 Å². The molecular weight excluding hydrogens is 329 g/mol. The Labute approximate surface area is 123 Å². The highest BCUT2D eigenvalue weighted by atomic mass is 35.5. The molecule has 3 N–H and O–H groups in total. The van der Waals surface area contributed by atoms with Gasteiger partial charge in [-0.05, 0) is 30.3 Å². The van der Waals surface area contributed by atoms with Crippen molar-refractivity contribution in [1.82, 2.24) is 0 Å². The topological polar surface area (TPSA) is 72.2 Å².